The van der Waals surface area contributed by atoms with Crippen molar-refractivity contribution in [1.29, 1.82) is 0 Å². The highest BCUT2D eigenvalue weighted by Gasteiger charge is 2.55. The molecule has 0 amide bonds. The van der Waals surface area contributed by atoms with Crippen LogP contribution in [0.2, 0.25) is 0 Å². The van der Waals surface area contributed by atoms with Crippen LogP contribution in [0.1, 0.15) is 71.1 Å². The summed E-state index contributed by atoms with van der Waals surface area (Å²) in [5.41, 5.74) is 0. The van der Waals surface area contributed by atoms with Gasteiger partial charge >= 0.3 is 0 Å². The van der Waals surface area contributed by atoms with E-state index in [0.29, 0.717) is 6.04 Å². The maximum atomic E-state index is 6.00. The summed E-state index contributed by atoms with van der Waals surface area (Å²) in [7, 11) is 7.54. The van der Waals surface area contributed by atoms with Gasteiger partial charge in [-0.2, -0.15) is 0 Å². The van der Waals surface area contributed by atoms with Gasteiger partial charge in [-0.1, -0.05) is 19.8 Å². The van der Waals surface area contributed by atoms with E-state index in [4.69, 9.17) is 18.9 Å². The smallest absolute Gasteiger partial charge is 0.0836 e. The second-order valence-electron chi connectivity index (χ2n) is 12.2. The van der Waals surface area contributed by atoms with Gasteiger partial charge in [0.25, 0.3) is 0 Å². The fraction of sp³-hybridized carbons (Fsp3) is 1.00. The maximum Gasteiger partial charge on any atom is 0.0836 e. The molecule has 10 atom stereocenters. The Kier molecular flexibility index (Phi) is 7.74. The zero-order valence-electron chi connectivity index (χ0n) is 21.8. The number of nitrogens with zero attached hydrogens (tertiary/aromatic N) is 1. The van der Waals surface area contributed by atoms with Gasteiger partial charge in [0.15, 0.2) is 0 Å². The first-order valence-corrected chi connectivity index (χ1v) is 13.9. The number of methoxy groups -OCH3 is 4. The zero-order chi connectivity index (χ0) is 23.1. The lowest BCUT2D eigenvalue weighted by atomic mass is 9.58. The van der Waals surface area contributed by atoms with Crippen molar-refractivity contribution in [3.63, 3.8) is 0 Å². The molecule has 0 aromatic carbocycles. The maximum absolute atomic E-state index is 6.00. The van der Waals surface area contributed by atoms with Gasteiger partial charge in [-0.15, -0.1) is 0 Å². The van der Waals surface area contributed by atoms with Gasteiger partial charge in [-0.3, -0.25) is 4.90 Å². The Morgan fingerprint density at radius 3 is 1.70 bits per heavy atom. The van der Waals surface area contributed by atoms with Crippen LogP contribution in [0.5, 0.6) is 0 Å². The average Bonchev–Trinajstić information content (AvgIpc) is 2.86. The fourth-order valence-corrected chi connectivity index (χ4v) is 9.17. The molecule has 0 bridgehead atoms. The molecular formula is C28H49NO4. The lowest BCUT2D eigenvalue weighted by Crippen LogP contribution is -2.66. The summed E-state index contributed by atoms with van der Waals surface area (Å²) in [5, 5.41) is 0. The van der Waals surface area contributed by atoms with E-state index in [0.717, 1.165) is 41.5 Å². The van der Waals surface area contributed by atoms with E-state index in [1.807, 2.05) is 28.4 Å². The summed E-state index contributed by atoms with van der Waals surface area (Å²) >= 11 is 0. The van der Waals surface area contributed by atoms with Gasteiger partial charge in [0.1, 0.15) is 0 Å². The second kappa shape index (κ2) is 10.4. The Morgan fingerprint density at radius 1 is 0.545 bits per heavy atom. The summed E-state index contributed by atoms with van der Waals surface area (Å²) in [4.78, 5) is 3.04. The highest BCUT2D eigenvalue weighted by atomic mass is 16.5. The van der Waals surface area contributed by atoms with Crippen LogP contribution >= 0.6 is 0 Å². The number of hydrogen-bond donors (Lipinski definition) is 0. The molecule has 10 unspecified atom stereocenters. The minimum atomic E-state index is 0.249. The molecule has 0 aromatic rings. The SMILES string of the molecule is COC1CC2CCN3C(CC4CC(OC)C(OC)CC4C3C3CCC(C)CC3)C2CC1OC. The van der Waals surface area contributed by atoms with E-state index < -0.39 is 0 Å². The van der Waals surface area contributed by atoms with E-state index in [9.17, 15) is 0 Å². The minimum Gasteiger partial charge on any atom is -0.379 e. The minimum absolute atomic E-state index is 0.249. The molecule has 5 rings (SSSR count). The van der Waals surface area contributed by atoms with Crippen LogP contribution in [0.3, 0.4) is 0 Å². The van der Waals surface area contributed by atoms with Gasteiger partial charge in [-0.25, -0.2) is 0 Å². The van der Waals surface area contributed by atoms with Crippen molar-refractivity contribution < 1.29 is 18.9 Å². The highest BCUT2D eigenvalue weighted by Crippen LogP contribution is 2.54. The van der Waals surface area contributed by atoms with Crippen LogP contribution in [0, 0.1) is 35.5 Å². The normalized spacial score (nSPS) is 50.8. The molecule has 190 valence electrons. The van der Waals surface area contributed by atoms with Crippen molar-refractivity contribution in [2.45, 2.75) is 108 Å². The first-order valence-electron chi connectivity index (χ1n) is 13.9. The summed E-state index contributed by atoms with van der Waals surface area (Å²) in [6, 6.07) is 1.44. The Balaban J connectivity index is 1.43. The number of rotatable bonds is 5. The van der Waals surface area contributed by atoms with E-state index in [2.05, 4.69) is 11.8 Å². The standard InChI is InChI=1S/C28H49NO4/c1-17-6-8-18(9-7-17)28-22-16-27(33-5)25(31-3)14-20(22)12-23-21-15-26(32-4)24(30-2)13-19(21)10-11-29(23)28/h17-28H,6-16H2,1-5H3. The van der Waals surface area contributed by atoms with Crippen molar-refractivity contribution in [2.75, 3.05) is 35.0 Å². The number of hydrogen-bond acceptors (Lipinski definition) is 5. The molecule has 33 heavy (non-hydrogen) atoms. The first kappa shape index (κ1) is 24.5. The van der Waals surface area contributed by atoms with Gasteiger partial charge in [-0.05, 0) is 93.4 Å². The highest BCUT2D eigenvalue weighted by molar-refractivity contribution is 5.08. The van der Waals surface area contributed by atoms with E-state index in [1.165, 1.54) is 70.8 Å². The van der Waals surface area contributed by atoms with Gasteiger partial charge < -0.3 is 18.9 Å². The summed E-state index contributed by atoms with van der Waals surface area (Å²) in [6.45, 7) is 3.74. The molecule has 2 heterocycles. The van der Waals surface area contributed by atoms with Crippen LogP contribution in [-0.2, 0) is 18.9 Å². The summed E-state index contributed by atoms with van der Waals surface area (Å²) < 4.78 is 23.8. The Bertz CT molecular complexity index is 637. The van der Waals surface area contributed by atoms with Crippen LogP contribution in [0.15, 0.2) is 0 Å². The lowest BCUT2D eigenvalue weighted by Gasteiger charge is -2.62. The van der Waals surface area contributed by atoms with Gasteiger partial charge in [0.05, 0.1) is 24.4 Å². The van der Waals surface area contributed by atoms with Gasteiger partial charge in [0, 0.05) is 40.5 Å². The third-order valence-corrected chi connectivity index (χ3v) is 10.9. The Hall–Kier alpha value is -0.200. The van der Waals surface area contributed by atoms with E-state index in [1.54, 1.807) is 0 Å². The third-order valence-electron chi connectivity index (χ3n) is 10.9. The molecule has 2 saturated heterocycles. The predicted octanol–water partition coefficient (Wildman–Crippen LogP) is 4.77. The first-order chi connectivity index (χ1) is 16.1. The van der Waals surface area contributed by atoms with Gasteiger partial charge in [0.2, 0.25) is 0 Å². The lowest BCUT2D eigenvalue weighted by molar-refractivity contribution is -0.171. The molecule has 5 aliphatic rings. The summed E-state index contributed by atoms with van der Waals surface area (Å²) in [5.74, 6) is 4.85. The molecule has 2 aliphatic heterocycles. The predicted molar refractivity (Wildman–Crippen MR) is 130 cm³/mol. The van der Waals surface area contributed by atoms with Crippen molar-refractivity contribution in [1.82, 2.24) is 4.90 Å². The fourth-order valence-electron chi connectivity index (χ4n) is 9.17. The van der Waals surface area contributed by atoms with Crippen molar-refractivity contribution >= 4 is 0 Å². The van der Waals surface area contributed by atoms with E-state index >= 15 is 0 Å². The molecule has 0 aromatic heterocycles. The molecule has 0 spiro atoms. The topological polar surface area (TPSA) is 40.2 Å². The largest absolute Gasteiger partial charge is 0.379 e. The molecule has 3 aliphatic carbocycles. The molecule has 0 radical (unpaired) electrons. The Morgan fingerprint density at radius 2 is 1.09 bits per heavy atom. The molecule has 5 fully saturated rings. The number of fused-ring (bicyclic) bond motifs is 4. The quantitative estimate of drug-likeness (QED) is 0.587. The second-order valence-corrected chi connectivity index (χ2v) is 12.2. The van der Waals surface area contributed by atoms with Crippen LogP contribution in [-0.4, -0.2) is 76.4 Å². The molecule has 5 nitrogen and oxygen atoms in total. The molecule has 3 saturated carbocycles. The zero-order valence-corrected chi connectivity index (χ0v) is 21.8. The van der Waals surface area contributed by atoms with Crippen LogP contribution < -0.4 is 0 Å². The van der Waals surface area contributed by atoms with Crippen molar-refractivity contribution in [3.05, 3.63) is 0 Å². The van der Waals surface area contributed by atoms with Crippen molar-refractivity contribution in [2.24, 2.45) is 35.5 Å². The van der Waals surface area contributed by atoms with Crippen LogP contribution in [0.25, 0.3) is 0 Å². The molecular weight excluding hydrogens is 414 g/mol. The van der Waals surface area contributed by atoms with Crippen molar-refractivity contribution in [3.8, 4) is 0 Å². The van der Waals surface area contributed by atoms with Crippen LogP contribution in [0.4, 0.5) is 0 Å². The average molecular weight is 464 g/mol. The Labute approximate surface area is 202 Å². The summed E-state index contributed by atoms with van der Waals surface area (Å²) in [6.07, 6.45) is 14.1. The number of ether oxygens (including phenoxy) is 4. The third kappa shape index (κ3) is 4.55. The molecule has 0 N–H and O–H groups in total. The molecule has 5 heteroatoms. The monoisotopic (exact) mass is 463 g/mol. The van der Waals surface area contributed by atoms with E-state index in [-0.39, 0.29) is 24.4 Å². The number of piperidine rings is 2.